The molecule has 0 saturated carbocycles. The van der Waals surface area contributed by atoms with Crippen molar-refractivity contribution in [2.24, 2.45) is 5.41 Å². The number of carboxylic acids is 1. The number of aliphatic carboxylic acids is 1. The second-order valence-corrected chi connectivity index (χ2v) is 10.8. The Hall–Kier alpha value is -3.04. The van der Waals surface area contributed by atoms with Crippen molar-refractivity contribution in [2.75, 3.05) is 20.4 Å². The fourth-order valence-corrected chi connectivity index (χ4v) is 6.10. The monoisotopic (exact) mass is 514 g/mol. The SMILES string of the molecule is CC1=C(C(=O)OC(C)C)C(c2cccc3c2OCO3)C(CCN(C)Cc2cccs2)(C(=O)O)C(C)N1. The van der Waals surface area contributed by atoms with E-state index >= 15 is 0 Å². The number of hydrogen-bond acceptors (Lipinski definition) is 8. The molecule has 0 radical (unpaired) electrons. The maximum absolute atomic E-state index is 13.5. The Balaban J connectivity index is 1.82. The zero-order valence-electron chi connectivity index (χ0n) is 21.4. The number of hydrogen-bond donors (Lipinski definition) is 2. The molecule has 2 aliphatic heterocycles. The molecule has 1 aromatic heterocycles. The fraction of sp³-hybridized carbons (Fsp3) is 0.481. The largest absolute Gasteiger partial charge is 0.481 e. The van der Waals surface area contributed by atoms with Gasteiger partial charge in [0, 0.05) is 34.6 Å². The second kappa shape index (κ2) is 10.5. The third-order valence-electron chi connectivity index (χ3n) is 7.03. The zero-order valence-corrected chi connectivity index (χ0v) is 22.2. The Morgan fingerprint density at radius 3 is 2.72 bits per heavy atom. The van der Waals surface area contributed by atoms with E-state index in [4.69, 9.17) is 14.2 Å². The highest BCUT2D eigenvalue weighted by molar-refractivity contribution is 7.09. The molecule has 0 bridgehead atoms. The van der Waals surface area contributed by atoms with Crippen LogP contribution >= 0.6 is 11.3 Å². The molecular weight excluding hydrogens is 480 g/mol. The number of thiophene rings is 1. The van der Waals surface area contributed by atoms with E-state index in [1.807, 2.05) is 37.6 Å². The summed E-state index contributed by atoms with van der Waals surface area (Å²) in [7, 11) is 1.98. The minimum Gasteiger partial charge on any atom is -0.481 e. The van der Waals surface area contributed by atoms with E-state index in [9.17, 15) is 14.7 Å². The lowest BCUT2D eigenvalue weighted by molar-refractivity contribution is -0.154. The van der Waals surface area contributed by atoms with E-state index < -0.39 is 29.3 Å². The van der Waals surface area contributed by atoms with E-state index in [-0.39, 0.29) is 12.9 Å². The summed E-state index contributed by atoms with van der Waals surface area (Å²) in [4.78, 5) is 30.1. The van der Waals surface area contributed by atoms with Crippen molar-refractivity contribution in [1.82, 2.24) is 10.2 Å². The predicted octanol–water partition coefficient (Wildman–Crippen LogP) is 4.37. The van der Waals surface area contributed by atoms with Crippen LogP contribution in [0.15, 0.2) is 47.0 Å². The van der Waals surface area contributed by atoms with Crippen molar-refractivity contribution in [3.8, 4) is 11.5 Å². The first kappa shape index (κ1) is 26.0. The van der Waals surface area contributed by atoms with Gasteiger partial charge < -0.3 is 29.5 Å². The van der Waals surface area contributed by atoms with Crippen molar-refractivity contribution in [3.05, 3.63) is 57.4 Å². The molecule has 4 rings (SSSR count). The van der Waals surface area contributed by atoms with Crippen molar-refractivity contribution in [3.63, 3.8) is 0 Å². The minimum atomic E-state index is -1.35. The first-order chi connectivity index (χ1) is 17.1. The van der Waals surface area contributed by atoms with Crippen LogP contribution in [-0.2, 0) is 20.9 Å². The van der Waals surface area contributed by atoms with Crippen molar-refractivity contribution >= 4 is 23.3 Å². The summed E-state index contributed by atoms with van der Waals surface area (Å²) in [6.07, 6.45) is -0.0470. The van der Waals surface area contributed by atoms with Gasteiger partial charge in [0.05, 0.1) is 11.7 Å². The van der Waals surface area contributed by atoms with Gasteiger partial charge in [0.1, 0.15) is 5.41 Å². The summed E-state index contributed by atoms with van der Waals surface area (Å²) in [5.41, 5.74) is 0.194. The number of para-hydroxylation sites is 1. The Kier molecular flexibility index (Phi) is 7.61. The Labute approximate surface area is 215 Å². The van der Waals surface area contributed by atoms with Gasteiger partial charge >= 0.3 is 11.9 Å². The Morgan fingerprint density at radius 2 is 2.06 bits per heavy atom. The molecule has 3 heterocycles. The number of carbonyl (C=O) groups is 2. The summed E-state index contributed by atoms with van der Waals surface area (Å²) in [6.45, 7) is 8.51. The van der Waals surface area contributed by atoms with Crippen molar-refractivity contribution in [2.45, 2.75) is 58.7 Å². The van der Waals surface area contributed by atoms with Gasteiger partial charge in [-0.25, -0.2) is 4.79 Å². The number of carboxylic acid groups (broad SMARTS) is 1. The Morgan fingerprint density at radius 1 is 1.28 bits per heavy atom. The number of rotatable bonds is 9. The number of benzene rings is 1. The molecule has 0 saturated heterocycles. The van der Waals surface area contributed by atoms with Crippen LogP contribution in [0.1, 0.15) is 50.5 Å². The fourth-order valence-electron chi connectivity index (χ4n) is 5.32. The highest BCUT2D eigenvalue weighted by Crippen LogP contribution is 2.54. The first-order valence-electron chi connectivity index (χ1n) is 12.2. The van der Waals surface area contributed by atoms with Crippen LogP contribution in [0.4, 0.5) is 0 Å². The molecule has 9 heteroatoms. The van der Waals surface area contributed by atoms with E-state index in [0.29, 0.717) is 47.8 Å². The molecule has 8 nitrogen and oxygen atoms in total. The van der Waals surface area contributed by atoms with E-state index in [1.165, 1.54) is 4.88 Å². The van der Waals surface area contributed by atoms with Gasteiger partial charge in [-0.2, -0.15) is 0 Å². The lowest BCUT2D eigenvalue weighted by Crippen LogP contribution is -2.57. The topological polar surface area (TPSA) is 97.3 Å². The van der Waals surface area contributed by atoms with Crippen LogP contribution < -0.4 is 14.8 Å². The molecule has 1 aromatic carbocycles. The molecule has 0 amide bonds. The van der Waals surface area contributed by atoms with Gasteiger partial charge in [0.2, 0.25) is 6.79 Å². The molecule has 3 unspecified atom stereocenters. The van der Waals surface area contributed by atoms with Gasteiger partial charge in [-0.3, -0.25) is 4.79 Å². The quantitative estimate of drug-likeness (QED) is 0.476. The lowest BCUT2D eigenvalue weighted by atomic mass is 9.60. The molecule has 2 aliphatic rings. The average Bonchev–Trinajstić information content (AvgIpc) is 3.49. The van der Waals surface area contributed by atoms with Gasteiger partial charge in [0.25, 0.3) is 0 Å². The molecular formula is C27H34N2O6S. The number of esters is 1. The molecule has 2 N–H and O–H groups in total. The smallest absolute Gasteiger partial charge is 0.336 e. The standard InChI is InChI=1S/C27H34N2O6S/c1-16(2)35-25(30)22-17(3)28-18(4)27(26(31)32,11-12-29(5)14-19-8-7-13-36-19)23(22)20-9-6-10-21-24(20)34-15-33-21/h6-10,13,16,18,23,28H,11-12,14-15H2,1-5H3,(H,31,32). The third-order valence-corrected chi connectivity index (χ3v) is 7.89. The van der Waals surface area contributed by atoms with Gasteiger partial charge in [-0.1, -0.05) is 18.2 Å². The van der Waals surface area contributed by atoms with Crippen LogP contribution in [0.25, 0.3) is 0 Å². The molecule has 36 heavy (non-hydrogen) atoms. The van der Waals surface area contributed by atoms with Gasteiger partial charge in [-0.05, 0) is 65.2 Å². The number of carbonyl (C=O) groups excluding carboxylic acids is 1. The van der Waals surface area contributed by atoms with Crippen LogP contribution in [0.5, 0.6) is 11.5 Å². The van der Waals surface area contributed by atoms with Gasteiger partial charge in [-0.15, -0.1) is 11.3 Å². The first-order valence-corrected chi connectivity index (χ1v) is 13.0. The minimum absolute atomic E-state index is 0.0466. The molecule has 0 spiro atoms. The van der Waals surface area contributed by atoms with E-state index in [0.717, 1.165) is 0 Å². The number of nitrogens with one attached hydrogen (secondary N) is 1. The number of ether oxygens (including phenoxy) is 3. The number of fused-ring (bicyclic) bond motifs is 1. The van der Waals surface area contributed by atoms with Crippen LogP contribution in [0.2, 0.25) is 0 Å². The summed E-state index contributed by atoms with van der Waals surface area (Å²) < 4.78 is 17.0. The molecule has 3 atom stereocenters. The van der Waals surface area contributed by atoms with E-state index in [2.05, 4.69) is 16.3 Å². The molecule has 0 aliphatic carbocycles. The maximum atomic E-state index is 13.5. The second-order valence-electron chi connectivity index (χ2n) is 9.79. The zero-order chi connectivity index (χ0) is 26.0. The Bertz CT molecular complexity index is 1150. The van der Waals surface area contributed by atoms with Crippen molar-refractivity contribution < 1.29 is 28.9 Å². The highest BCUT2D eigenvalue weighted by Gasteiger charge is 2.57. The van der Waals surface area contributed by atoms with Crippen LogP contribution in [0, 0.1) is 5.41 Å². The van der Waals surface area contributed by atoms with Gasteiger partial charge in [0.15, 0.2) is 11.5 Å². The highest BCUT2D eigenvalue weighted by atomic mass is 32.1. The third kappa shape index (κ3) is 4.82. The van der Waals surface area contributed by atoms with E-state index in [1.54, 1.807) is 38.2 Å². The summed E-state index contributed by atoms with van der Waals surface area (Å²) in [5.74, 6) is -1.28. The lowest BCUT2D eigenvalue weighted by Gasteiger charge is -2.47. The molecule has 0 fully saturated rings. The predicted molar refractivity (Wildman–Crippen MR) is 137 cm³/mol. The maximum Gasteiger partial charge on any atom is 0.336 e. The van der Waals surface area contributed by atoms with Crippen LogP contribution in [0.3, 0.4) is 0 Å². The van der Waals surface area contributed by atoms with Crippen LogP contribution in [-0.4, -0.2) is 54.5 Å². The summed E-state index contributed by atoms with van der Waals surface area (Å²) in [5, 5.41) is 16.2. The number of allylic oxidation sites excluding steroid dienone is 1. The number of nitrogens with zero attached hydrogens (tertiary/aromatic N) is 1. The molecule has 194 valence electrons. The summed E-state index contributed by atoms with van der Waals surface area (Å²) >= 11 is 1.67. The normalized spacial score (nSPS) is 23.2. The molecule has 2 aromatic rings. The summed E-state index contributed by atoms with van der Waals surface area (Å²) in [6, 6.07) is 9.04. The average molecular weight is 515 g/mol. The van der Waals surface area contributed by atoms with Crippen molar-refractivity contribution in [1.29, 1.82) is 0 Å².